The van der Waals surface area contributed by atoms with Gasteiger partial charge in [-0.05, 0) is 17.7 Å². The molecule has 0 fully saturated rings. The zero-order valence-corrected chi connectivity index (χ0v) is 12.6. The molecule has 0 amide bonds. The number of benzene rings is 1. The first-order chi connectivity index (χ1) is 9.83. The molecule has 104 valence electrons. The van der Waals surface area contributed by atoms with Gasteiger partial charge in [0.15, 0.2) is 4.34 Å². The first kappa shape index (κ1) is 14.9. The lowest BCUT2D eigenvalue weighted by Crippen LogP contribution is -2.18. The van der Waals surface area contributed by atoms with E-state index in [1.54, 1.807) is 12.6 Å². The van der Waals surface area contributed by atoms with Crippen molar-refractivity contribution >= 4 is 23.1 Å². The van der Waals surface area contributed by atoms with Crippen molar-refractivity contribution in [3.63, 3.8) is 0 Å². The molecule has 1 N–H and O–H groups in total. The predicted molar refractivity (Wildman–Crippen MR) is 78.8 cm³/mol. The van der Waals surface area contributed by atoms with Gasteiger partial charge in [0.2, 0.25) is 0 Å². The second-order valence-electron chi connectivity index (χ2n) is 3.92. The van der Waals surface area contributed by atoms with Gasteiger partial charge in [-0.2, -0.15) is 5.26 Å². The maximum Gasteiger partial charge on any atom is 0.178 e. The number of rotatable bonds is 7. The van der Waals surface area contributed by atoms with E-state index in [2.05, 4.69) is 21.6 Å². The minimum absolute atomic E-state index is 0.663. The van der Waals surface area contributed by atoms with Gasteiger partial charge < -0.3 is 10.1 Å². The van der Waals surface area contributed by atoms with Gasteiger partial charge in [0, 0.05) is 25.1 Å². The fourth-order valence-electron chi connectivity index (χ4n) is 1.57. The predicted octanol–water partition coefficient (Wildman–Crippen LogP) is 2.30. The smallest absolute Gasteiger partial charge is 0.178 e. The molecule has 2 aromatic rings. The Balaban J connectivity index is 2.02. The Labute approximate surface area is 126 Å². The largest absolute Gasteiger partial charge is 0.383 e. The lowest BCUT2D eigenvalue weighted by Gasteiger charge is -2.07. The Morgan fingerprint density at radius 2 is 2.40 bits per heavy atom. The minimum Gasteiger partial charge on any atom is -0.383 e. The van der Waals surface area contributed by atoms with Crippen molar-refractivity contribution in [3.8, 4) is 6.07 Å². The normalized spacial score (nSPS) is 10.4. The number of nitrogens with zero attached hydrogens (tertiary/aromatic N) is 3. The standard InChI is InChI=1S/C13H14N4OS2/c1-18-5-4-15-8-10-2-3-12(11(6-10)7-14)20-13-17-16-9-19-13/h2-3,6,9,15H,4-5,8H2,1H3. The number of methoxy groups -OCH3 is 1. The van der Waals surface area contributed by atoms with Gasteiger partial charge in [0.1, 0.15) is 11.6 Å². The third-order valence-corrected chi connectivity index (χ3v) is 4.37. The molecule has 5 nitrogen and oxygen atoms in total. The van der Waals surface area contributed by atoms with Crippen LogP contribution in [0.25, 0.3) is 0 Å². The lowest BCUT2D eigenvalue weighted by molar-refractivity contribution is 0.199. The molecule has 7 heteroatoms. The van der Waals surface area contributed by atoms with Crippen LogP contribution in [0.15, 0.2) is 32.9 Å². The highest BCUT2D eigenvalue weighted by Crippen LogP contribution is 2.31. The molecule has 0 aliphatic heterocycles. The molecule has 2 rings (SSSR count). The Morgan fingerprint density at radius 1 is 1.50 bits per heavy atom. The molecule has 0 aliphatic rings. The van der Waals surface area contributed by atoms with Crippen molar-refractivity contribution in [1.82, 2.24) is 15.5 Å². The van der Waals surface area contributed by atoms with Crippen LogP contribution in [-0.2, 0) is 11.3 Å². The van der Waals surface area contributed by atoms with Crippen LogP contribution in [0.4, 0.5) is 0 Å². The second-order valence-corrected chi connectivity index (χ2v) is 6.04. The molecule has 0 spiro atoms. The van der Waals surface area contributed by atoms with Crippen molar-refractivity contribution in [2.45, 2.75) is 15.8 Å². The highest BCUT2D eigenvalue weighted by Gasteiger charge is 2.07. The van der Waals surface area contributed by atoms with Gasteiger partial charge >= 0.3 is 0 Å². The summed E-state index contributed by atoms with van der Waals surface area (Å²) in [4.78, 5) is 0.907. The molecular formula is C13H14N4OS2. The zero-order valence-electron chi connectivity index (χ0n) is 11.0. The average Bonchev–Trinajstić information content (AvgIpc) is 2.98. The Hall–Kier alpha value is -1.46. The Bertz CT molecular complexity index is 581. The molecule has 0 bridgehead atoms. The van der Waals surface area contributed by atoms with E-state index in [9.17, 15) is 5.26 Å². The SMILES string of the molecule is COCCNCc1ccc(Sc2nncs2)c(C#N)c1. The molecule has 1 aromatic heterocycles. The maximum atomic E-state index is 9.24. The van der Waals surface area contributed by atoms with Crippen molar-refractivity contribution in [3.05, 3.63) is 34.8 Å². The molecule has 0 aliphatic carbocycles. The molecule has 1 heterocycles. The topological polar surface area (TPSA) is 70.8 Å². The molecule has 0 radical (unpaired) electrons. The molecule has 1 aromatic carbocycles. The zero-order chi connectivity index (χ0) is 14.2. The number of hydrogen-bond acceptors (Lipinski definition) is 7. The van der Waals surface area contributed by atoms with Crippen LogP contribution >= 0.6 is 23.1 Å². The number of nitriles is 1. The van der Waals surface area contributed by atoms with Crippen molar-refractivity contribution < 1.29 is 4.74 Å². The summed E-state index contributed by atoms with van der Waals surface area (Å²) in [6, 6.07) is 8.11. The lowest BCUT2D eigenvalue weighted by atomic mass is 10.1. The summed E-state index contributed by atoms with van der Waals surface area (Å²) in [6.07, 6.45) is 0. The van der Waals surface area contributed by atoms with Gasteiger partial charge in [0.05, 0.1) is 12.2 Å². The van der Waals surface area contributed by atoms with E-state index in [-0.39, 0.29) is 0 Å². The summed E-state index contributed by atoms with van der Waals surface area (Å²) in [6.45, 7) is 2.19. The third-order valence-electron chi connectivity index (χ3n) is 2.51. The molecule has 20 heavy (non-hydrogen) atoms. The third kappa shape index (κ3) is 4.28. The summed E-state index contributed by atoms with van der Waals surface area (Å²) < 4.78 is 5.81. The summed E-state index contributed by atoms with van der Waals surface area (Å²) in [5.41, 5.74) is 3.43. The number of ether oxygens (including phenoxy) is 1. The van der Waals surface area contributed by atoms with Crippen LogP contribution in [0.3, 0.4) is 0 Å². The quantitative estimate of drug-likeness (QED) is 0.791. The summed E-state index contributed by atoms with van der Waals surface area (Å²) in [5, 5.41) is 20.3. The van der Waals surface area contributed by atoms with Crippen molar-refractivity contribution in [2.24, 2.45) is 0 Å². The van der Waals surface area contributed by atoms with E-state index in [0.717, 1.165) is 27.9 Å². The first-order valence-electron chi connectivity index (χ1n) is 6.00. The number of aromatic nitrogens is 2. The van der Waals surface area contributed by atoms with Gasteiger partial charge in [-0.3, -0.25) is 0 Å². The van der Waals surface area contributed by atoms with E-state index in [4.69, 9.17) is 4.74 Å². The van der Waals surface area contributed by atoms with Gasteiger partial charge in [-0.25, -0.2) is 0 Å². The Morgan fingerprint density at radius 3 is 3.10 bits per heavy atom. The summed E-state index contributed by atoms with van der Waals surface area (Å²) >= 11 is 2.93. The number of hydrogen-bond donors (Lipinski definition) is 1. The van der Waals surface area contributed by atoms with E-state index in [1.165, 1.54) is 23.1 Å². The van der Waals surface area contributed by atoms with Crippen LogP contribution in [0.1, 0.15) is 11.1 Å². The minimum atomic E-state index is 0.663. The fraction of sp³-hybridized carbons (Fsp3) is 0.308. The van der Waals surface area contributed by atoms with Crippen LogP contribution < -0.4 is 5.32 Å². The van der Waals surface area contributed by atoms with E-state index < -0.39 is 0 Å². The van der Waals surface area contributed by atoms with Crippen LogP contribution in [0, 0.1) is 11.3 Å². The molecular weight excluding hydrogens is 292 g/mol. The van der Waals surface area contributed by atoms with E-state index >= 15 is 0 Å². The first-order valence-corrected chi connectivity index (χ1v) is 7.70. The molecule has 0 saturated heterocycles. The second kappa shape index (κ2) is 7.97. The fourth-order valence-corrected chi connectivity index (χ4v) is 3.07. The molecule has 0 unspecified atom stereocenters. The molecule has 0 atom stereocenters. The monoisotopic (exact) mass is 306 g/mol. The highest BCUT2D eigenvalue weighted by molar-refractivity contribution is 8.01. The maximum absolute atomic E-state index is 9.24. The van der Waals surface area contributed by atoms with Crippen molar-refractivity contribution in [2.75, 3.05) is 20.3 Å². The van der Waals surface area contributed by atoms with Gasteiger partial charge in [-0.1, -0.05) is 29.2 Å². The Kier molecular flexibility index (Phi) is 5.95. The highest BCUT2D eigenvalue weighted by atomic mass is 32.2. The summed E-state index contributed by atoms with van der Waals surface area (Å²) in [7, 11) is 1.68. The number of nitrogens with one attached hydrogen (secondary N) is 1. The molecule has 0 saturated carbocycles. The van der Waals surface area contributed by atoms with Crippen LogP contribution in [-0.4, -0.2) is 30.5 Å². The van der Waals surface area contributed by atoms with Gasteiger partial charge in [-0.15, -0.1) is 10.2 Å². The average molecular weight is 306 g/mol. The van der Waals surface area contributed by atoms with Crippen LogP contribution in [0.5, 0.6) is 0 Å². The van der Waals surface area contributed by atoms with E-state index in [1.807, 2.05) is 18.2 Å². The van der Waals surface area contributed by atoms with Crippen LogP contribution in [0.2, 0.25) is 0 Å². The van der Waals surface area contributed by atoms with E-state index in [0.29, 0.717) is 12.2 Å². The summed E-state index contributed by atoms with van der Waals surface area (Å²) in [5.74, 6) is 0. The van der Waals surface area contributed by atoms with Gasteiger partial charge in [0.25, 0.3) is 0 Å². The van der Waals surface area contributed by atoms with Crippen molar-refractivity contribution in [1.29, 1.82) is 5.26 Å².